The van der Waals surface area contributed by atoms with Crippen molar-refractivity contribution in [3.05, 3.63) is 84.2 Å². The van der Waals surface area contributed by atoms with Crippen LogP contribution in [0.2, 0.25) is 0 Å². The first-order valence-electron chi connectivity index (χ1n) is 11.4. The average molecular weight is 469 g/mol. The van der Waals surface area contributed by atoms with E-state index in [1.165, 1.54) is 23.1 Å². The number of carbonyl (C=O) groups is 3. The molecule has 1 saturated carbocycles. The van der Waals surface area contributed by atoms with Gasteiger partial charge in [-0.05, 0) is 61.4 Å². The number of hydrogen-bond acceptors (Lipinski definition) is 5. The van der Waals surface area contributed by atoms with Crippen LogP contribution in [0.25, 0.3) is 22.6 Å². The molecule has 2 aliphatic rings. The summed E-state index contributed by atoms with van der Waals surface area (Å²) in [5.41, 5.74) is 2.41. The molecule has 0 bridgehead atoms. The number of fused-ring (bicyclic) bond motifs is 1. The largest absolute Gasteiger partial charge is 0.436 e. The van der Waals surface area contributed by atoms with Gasteiger partial charge in [0.1, 0.15) is 17.4 Å². The van der Waals surface area contributed by atoms with Crippen molar-refractivity contribution in [3.63, 3.8) is 0 Å². The maximum atomic E-state index is 14.3. The minimum Gasteiger partial charge on any atom is -0.436 e. The standard InChI is InChI=1S/C27H20FN3O4/c28-20-6-2-1-5-19(20)26(33)30(17-13-14-17)22-15-24(32)31(27(22)34)18-11-9-16(10-12-18)25-29-21-7-3-4-8-23(21)35-25/h1-12,17,22H,13-15H2. The predicted molar refractivity (Wildman–Crippen MR) is 126 cm³/mol. The zero-order valence-corrected chi connectivity index (χ0v) is 18.6. The van der Waals surface area contributed by atoms with Gasteiger partial charge in [0.15, 0.2) is 5.58 Å². The van der Waals surface area contributed by atoms with Crippen LogP contribution in [-0.4, -0.2) is 39.7 Å². The molecule has 0 spiro atoms. The second-order valence-electron chi connectivity index (χ2n) is 8.74. The van der Waals surface area contributed by atoms with E-state index in [9.17, 15) is 18.8 Å². The van der Waals surface area contributed by atoms with Gasteiger partial charge in [0, 0.05) is 11.6 Å². The van der Waals surface area contributed by atoms with Crippen LogP contribution >= 0.6 is 0 Å². The number of hydrogen-bond donors (Lipinski definition) is 0. The smallest absolute Gasteiger partial charge is 0.257 e. The Labute approximate surface area is 199 Å². The molecular weight excluding hydrogens is 449 g/mol. The van der Waals surface area contributed by atoms with E-state index in [1.54, 1.807) is 30.3 Å². The van der Waals surface area contributed by atoms with Crippen molar-refractivity contribution in [1.82, 2.24) is 9.88 Å². The second kappa shape index (κ2) is 8.16. The molecule has 4 aromatic rings. The molecule has 1 aromatic heterocycles. The summed E-state index contributed by atoms with van der Waals surface area (Å²) in [6, 6.07) is 18.8. The summed E-state index contributed by atoms with van der Waals surface area (Å²) in [6.45, 7) is 0. The Hall–Kier alpha value is -4.33. The van der Waals surface area contributed by atoms with E-state index in [1.807, 2.05) is 24.3 Å². The molecule has 3 amide bonds. The molecular formula is C27H20FN3O4. The van der Waals surface area contributed by atoms with Crippen LogP contribution in [0.3, 0.4) is 0 Å². The van der Waals surface area contributed by atoms with E-state index < -0.39 is 29.6 Å². The Morgan fingerprint density at radius 3 is 2.40 bits per heavy atom. The highest BCUT2D eigenvalue weighted by atomic mass is 19.1. The van der Waals surface area contributed by atoms with E-state index in [2.05, 4.69) is 4.98 Å². The van der Waals surface area contributed by atoms with Gasteiger partial charge in [-0.1, -0.05) is 24.3 Å². The lowest BCUT2D eigenvalue weighted by Gasteiger charge is -2.27. The fraction of sp³-hybridized carbons (Fsp3) is 0.185. The van der Waals surface area contributed by atoms with Crippen LogP contribution in [0, 0.1) is 5.82 Å². The summed E-state index contributed by atoms with van der Waals surface area (Å²) in [7, 11) is 0. The number of halogens is 1. The fourth-order valence-electron chi connectivity index (χ4n) is 4.54. The number of rotatable bonds is 5. The third kappa shape index (κ3) is 3.67. The van der Waals surface area contributed by atoms with Crippen LogP contribution < -0.4 is 4.90 Å². The summed E-state index contributed by atoms with van der Waals surface area (Å²) in [5, 5.41) is 0. The van der Waals surface area contributed by atoms with Crippen LogP contribution in [0.1, 0.15) is 29.6 Å². The normalized spacial score (nSPS) is 17.9. The van der Waals surface area contributed by atoms with E-state index >= 15 is 0 Å². The minimum atomic E-state index is -0.959. The number of aromatic nitrogens is 1. The number of para-hydroxylation sites is 2. The molecule has 7 nitrogen and oxygen atoms in total. The summed E-state index contributed by atoms with van der Waals surface area (Å²) in [4.78, 5) is 46.4. The van der Waals surface area contributed by atoms with Crippen LogP contribution in [0.5, 0.6) is 0 Å². The van der Waals surface area contributed by atoms with Crippen molar-refractivity contribution in [2.45, 2.75) is 31.3 Å². The molecule has 1 aliphatic heterocycles. The third-order valence-electron chi connectivity index (χ3n) is 6.40. The molecule has 8 heteroatoms. The lowest BCUT2D eigenvalue weighted by atomic mass is 10.1. The summed E-state index contributed by atoms with van der Waals surface area (Å²) < 4.78 is 20.1. The minimum absolute atomic E-state index is 0.0965. The molecule has 0 N–H and O–H groups in total. The Morgan fingerprint density at radius 2 is 1.69 bits per heavy atom. The number of carbonyl (C=O) groups excluding carboxylic acids is 3. The Balaban J connectivity index is 1.27. The van der Waals surface area contributed by atoms with Crippen molar-refractivity contribution in [1.29, 1.82) is 0 Å². The molecule has 1 unspecified atom stereocenters. The Bertz CT molecular complexity index is 1440. The zero-order chi connectivity index (χ0) is 24.1. The quantitative estimate of drug-likeness (QED) is 0.400. The molecule has 6 rings (SSSR count). The van der Waals surface area contributed by atoms with Crippen LogP contribution in [-0.2, 0) is 9.59 Å². The van der Waals surface area contributed by atoms with Gasteiger partial charge in [-0.2, -0.15) is 0 Å². The first-order chi connectivity index (χ1) is 17.0. The van der Waals surface area contributed by atoms with E-state index in [4.69, 9.17) is 4.42 Å². The highest BCUT2D eigenvalue weighted by Gasteiger charge is 2.49. The molecule has 35 heavy (non-hydrogen) atoms. The van der Waals surface area contributed by atoms with Gasteiger partial charge in [0.2, 0.25) is 11.8 Å². The number of oxazole rings is 1. The SMILES string of the molecule is O=C1CC(N(C(=O)c2ccccc2F)C2CC2)C(=O)N1c1ccc(-c2nc3ccccc3o2)cc1. The molecule has 174 valence electrons. The van der Waals surface area contributed by atoms with Crippen LogP contribution in [0.4, 0.5) is 10.1 Å². The number of nitrogens with zero attached hydrogens (tertiary/aromatic N) is 3. The van der Waals surface area contributed by atoms with Gasteiger partial charge < -0.3 is 9.32 Å². The van der Waals surface area contributed by atoms with Crippen molar-refractivity contribution in [3.8, 4) is 11.5 Å². The molecule has 2 heterocycles. The second-order valence-corrected chi connectivity index (χ2v) is 8.74. The number of benzene rings is 3. The summed E-state index contributed by atoms with van der Waals surface area (Å²) in [5.74, 6) is -1.66. The first kappa shape index (κ1) is 21.2. The highest BCUT2D eigenvalue weighted by Crippen LogP contribution is 2.36. The number of amides is 3. The predicted octanol–water partition coefficient (Wildman–Crippen LogP) is 4.57. The summed E-state index contributed by atoms with van der Waals surface area (Å²) in [6.07, 6.45) is 1.30. The number of anilines is 1. The van der Waals surface area contributed by atoms with Gasteiger partial charge in [0.25, 0.3) is 11.8 Å². The van der Waals surface area contributed by atoms with Gasteiger partial charge in [-0.3, -0.25) is 14.4 Å². The summed E-state index contributed by atoms with van der Waals surface area (Å²) >= 11 is 0. The Kier molecular flexibility index (Phi) is 4.95. The topological polar surface area (TPSA) is 83.7 Å². The van der Waals surface area contributed by atoms with Crippen LogP contribution in [0.15, 0.2) is 77.2 Å². The fourth-order valence-corrected chi connectivity index (χ4v) is 4.54. The third-order valence-corrected chi connectivity index (χ3v) is 6.40. The molecule has 2 fully saturated rings. The van der Waals surface area contributed by atoms with E-state index in [-0.39, 0.29) is 18.0 Å². The molecule has 0 radical (unpaired) electrons. The van der Waals surface area contributed by atoms with E-state index in [0.29, 0.717) is 22.7 Å². The van der Waals surface area contributed by atoms with Gasteiger partial charge >= 0.3 is 0 Å². The zero-order valence-electron chi connectivity index (χ0n) is 18.6. The van der Waals surface area contributed by atoms with Gasteiger partial charge in [-0.15, -0.1) is 0 Å². The average Bonchev–Trinajstić information content (AvgIpc) is 3.53. The van der Waals surface area contributed by atoms with Crippen molar-refractivity contribution < 1.29 is 23.2 Å². The van der Waals surface area contributed by atoms with E-state index in [0.717, 1.165) is 23.3 Å². The lowest BCUT2D eigenvalue weighted by molar-refractivity contribution is -0.122. The maximum absolute atomic E-state index is 14.3. The van der Waals surface area contributed by atoms with Crippen molar-refractivity contribution >= 4 is 34.5 Å². The molecule has 1 atom stereocenters. The van der Waals surface area contributed by atoms with Gasteiger partial charge in [0.05, 0.1) is 17.7 Å². The van der Waals surface area contributed by atoms with Crippen molar-refractivity contribution in [2.24, 2.45) is 0 Å². The maximum Gasteiger partial charge on any atom is 0.257 e. The lowest BCUT2D eigenvalue weighted by Crippen LogP contribution is -2.47. The van der Waals surface area contributed by atoms with Gasteiger partial charge in [-0.25, -0.2) is 14.3 Å². The first-order valence-corrected chi connectivity index (χ1v) is 11.4. The number of imide groups is 1. The highest BCUT2D eigenvalue weighted by molar-refractivity contribution is 6.23. The Morgan fingerprint density at radius 1 is 0.971 bits per heavy atom. The van der Waals surface area contributed by atoms with Crippen molar-refractivity contribution in [2.75, 3.05) is 4.90 Å². The molecule has 1 aliphatic carbocycles. The monoisotopic (exact) mass is 469 g/mol. The molecule has 3 aromatic carbocycles. The molecule has 1 saturated heterocycles.